The van der Waals surface area contributed by atoms with Gasteiger partial charge in [0.15, 0.2) is 0 Å². The Kier molecular flexibility index (Phi) is 6.73. The highest BCUT2D eigenvalue weighted by molar-refractivity contribution is 6.05. The summed E-state index contributed by atoms with van der Waals surface area (Å²) in [6.45, 7) is 0.245. The molecule has 0 saturated carbocycles. The van der Waals surface area contributed by atoms with Crippen LogP contribution in [0.15, 0.2) is 59.0 Å². The summed E-state index contributed by atoms with van der Waals surface area (Å²) in [5.74, 6) is -1.18. The van der Waals surface area contributed by atoms with E-state index >= 15 is 0 Å². The number of carbonyl (C=O) groups is 3. The van der Waals surface area contributed by atoms with E-state index in [1.807, 2.05) is 6.07 Å². The lowest BCUT2D eigenvalue weighted by Gasteiger charge is -2.19. The predicted molar refractivity (Wildman–Crippen MR) is 93.9 cm³/mol. The normalized spacial score (nSPS) is 10.5. The van der Waals surface area contributed by atoms with Crippen LogP contribution >= 0.6 is 0 Å². The summed E-state index contributed by atoms with van der Waals surface area (Å²) < 4.78 is 14.6. The molecular formula is C19H19NO6. The molecule has 136 valence electrons. The standard InChI is InChI=1S/C19H19NO6/c1-24-17(21)10-6-7-13-20(18(22)14-8-4-3-5-9-14)16-12-11-15(26-16)19(23)25-2/h3-6,8-12H,7,13H2,1-2H3/b10-6+. The van der Waals surface area contributed by atoms with E-state index in [1.54, 1.807) is 30.3 Å². The van der Waals surface area contributed by atoms with Gasteiger partial charge in [0.05, 0.1) is 14.2 Å². The molecule has 7 nitrogen and oxygen atoms in total. The van der Waals surface area contributed by atoms with Gasteiger partial charge in [0.25, 0.3) is 5.91 Å². The highest BCUT2D eigenvalue weighted by Crippen LogP contribution is 2.22. The van der Waals surface area contributed by atoms with E-state index in [9.17, 15) is 14.4 Å². The van der Waals surface area contributed by atoms with Gasteiger partial charge in [-0.25, -0.2) is 9.59 Å². The average molecular weight is 357 g/mol. The lowest BCUT2D eigenvalue weighted by atomic mass is 10.2. The van der Waals surface area contributed by atoms with Crippen molar-refractivity contribution in [3.63, 3.8) is 0 Å². The van der Waals surface area contributed by atoms with Crippen LogP contribution in [0.1, 0.15) is 27.3 Å². The topological polar surface area (TPSA) is 86.0 Å². The van der Waals surface area contributed by atoms with Crippen LogP contribution in [-0.4, -0.2) is 38.6 Å². The molecule has 1 heterocycles. The van der Waals surface area contributed by atoms with Crippen LogP contribution in [0.5, 0.6) is 0 Å². The van der Waals surface area contributed by atoms with Crippen LogP contribution in [-0.2, 0) is 14.3 Å². The SMILES string of the molecule is COC(=O)/C=C/CCN(C(=O)c1ccccc1)c1ccc(C(=O)OC)o1. The van der Waals surface area contributed by atoms with Crippen LogP contribution in [0, 0.1) is 0 Å². The van der Waals surface area contributed by atoms with Gasteiger partial charge in [-0.1, -0.05) is 24.3 Å². The fourth-order valence-electron chi connectivity index (χ4n) is 2.18. The van der Waals surface area contributed by atoms with Crippen molar-refractivity contribution >= 4 is 23.7 Å². The number of nitrogens with zero attached hydrogens (tertiary/aromatic N) is 1. The smallest absolute Gasteiger partial charge is 0.374 e. The largest absolute Gasteiger partial charge is 0.466 e. The number of furan rings is 1. The number of amides is 1. The second-order valence-corrected chi connectivity index (χ2v) is 5.17. The van der Waals surface area contributed by atoms with Gasteiger partial charge in [0, 0.05) is 24.3 Å². The van der Waals surface area contributed by atoms with E-state index < -0.39 is 11.9 Å². The van der Waals surface area contributed by atoms with E-state index in [-0.39, 0.29) is 24.1 Å². The maximum Gasteiger partial charge on any atom is 0.374 e. The monoisotopic (exact) mass is 357 g/mol. The van der Waals surface area contributed by atoms with Gasteiger partial charge in [0.2, 0.25) is 11.6 Å². The Balaban J connectivity index is 2.22. The van der Waals surface area contributed by atoms with Gasteiger partial charge < -0.3 is 13.9 Å². The van der Waals surface area contributed by atoms with E-state index in [1.165, 1.54) is 37.3 Å². The van der Waals surface area contributed by atoms with E-state index in [2.05, 4.69) is 9.47 Å². The van der Waals surface area contributed by atoms with Crippen LogP contribution in [0.4, 0.5) is 5.88 Å². The van der Waals surface area contributed by atoms with Crippen molar-refractivity contribution in [1.29, 1.82) is 0 Å². The van der Waals surface area contributed by atoms with Crippen molar-refractivity contribution in [2.75, 3.05) is 25.7 Å². The van der Waals surface area contributed by atoms with Crippen molar-refractivity contribution in [3.8, 4) is 0 Å². The fourth-order valence-corrected chi connectivity index (χ4v) is 2.18. The number of anilines is 1. The molecule has 1 amide bonds. The number of esters is 2. The van der Waals surface area contributed by atoms with Crippen LogP contribution in [0.3, 0.4) is 0 Å². The zero-order chi connectivity index (χ0) is 18.9. The molecule has 0 atom stereocenters. The maximum atomic E-state index is 12.8. The molecule has 26 heavy (non-hydrogen) atoms. The minimum Gasteiger partial charge on any atom is -0.466 e. The summed E-state index contributed by atoms with van der Waals surface area (Å²) in [4.78, 5) is 36.9. The van der Waals surface area contributed by atoms with Crippen LogP contribution in [0.2, 0.25) is 0 Å². The molecule has 0 spiro atoms. The lowest BCUT2D eigenvalue weighted by Crippen LogP contribution is -2.31. The molecule has 2 rings (SSSR count). The van der Waals surface area contributed by atoms with Crippen LogP contribution in [0.25, 0.3) is 0 Å². The first-order valence-electron chi connectivity index (χ1n) is 7.86. The Bertz CT molecular complexity index is 793. The molecule has 0 aliphatic carbocycles. The van der Waals surface area contributed by atoms with Crippen molar-refractivity contribution in [2.45, 2.75) is 6.42 Å². The third-order valence-corrected chi connectivity index (χ3v) is 3.48. The molecule has 0 bridgehead atoms. The summed E-state index contributed by atoms with van der Waals surface area (Å²) in [5, 5.41) is 0. The first kappa shape index (κ1) is 19.0. The third kappa shape index (κ3) is 4.83. The van der Waals surface area contributed by atoms with Gasteiger partial charge in [-0.15, -0.1) is 0 Å². The first-order chi connectivity index (χ1) is 12.6. The summed E-state index contributed by atoms with van der Waals surface area (Å²) in [6.07, 6.45) is 3.27. The fraction of sp³-hybridized carbons (Fsp3) is 0.211. The van der Waals surface area contributed by atoms with Crippen molar-refractivity contribution in [1.82, 2.24) is 0 Å². The Hall–Kier alpha value is -3.35. The zero-order valence-corrected chi connectivity index (χ0v) is 14.5. The molecule has 7 heteroatoms. The molecule has 0 aliphatic rings. The van der Waals surface area contributed by atoms with Crippen molar-refractivity contribution in [3.05, 3.63) is 65.9 Å². The van der Waals surface area contributed by atoms with E-state index in [0.717, 1.165) is 0 Å². The molecule has 0 unspecified atom stereocenters. The Morgan fingerprint density at radius 3 is 2.42 bits per heavy atom. The second kappa shape index (κ2) is 9.22. The number of ether oxygens (including phenoxy) is 2. The Labute approximate surface area is 150 Å². The van der Waals surface area contributed by atoms with Gasteiger partial charge in [-0.2, -0.15) is 0 Å². The maximum absolute atomic E-state index is 12.8. The molecule has 2 aromatic rings. The number of hydrogen-bond donors (Lipinski definition) is 0. The second-order valence-electron chi connectivity index (χ2n) is 5.17. The Morgan fingerprint density at radius 1 is 1.04 bits per heavy atom. The number of benzene rings is 1. The highest BCUT2D eigenvalue weighted by Gasteiger charge is 2.22. The van der Waals surface area contributed by atoms with Crippen molar-refractivity contribution < 1.29 is 28.3 Å². The quantitative estimate of drug-likeness (QED) is 0.559. The molecule has 0 N–H and O–H groups in total. The number of hydrogen-bond acceptors (Lipinski definition) is 6. The molecular weight excluding hydrogens is 338 g/mol. The minimum atomic E-state index is -0.631. The third-order valence-electron chi connectivity index (χ3n) is 3.48. The summed E-state index contributed by atoms with van der Waals surface area (Å²) >= 11 is 0. The average Bonchev–Trinajstić information content (AvgIpc) is 3.17. The van der Waals surface area contributed by atoms with Gasteiger partial charge in [0.1, 0.15) is 0 Å². The lowest BCUT2D eigenvalue weighted by molar-refractivity contribution is -0.134. The van der Waals surface area contributed by atoms with Crippen LogP contribution < -0.4 is 4.90 Å². The number of carbonyl (C=O) groups excluding carboxylic acids is 3. The molecule has 0 fully saturated rings. The van der Waals surface area contributed by atoms with Gasteiger partial charge >= 0.3 is 11.9 Å². The summed E-state index contributed by atoms with van der Waals surface area (Å²) in [6, 6.07) is 11.7. The summed E-state index contributed by atoms with van der Waals surface area (Å²) in [5.41, 5.74) is 0.473. The van der Waals surface area contributed by atoms with E-state index in [0.29, 0.717) is 12.0 Å². The highest BCUT2D eigenvalue weighted by atomic mass is 16.5. The molecule has 1 aromatic heterocycles. The van der Waals surface area contributed by atoms with Gasteiger partial charge in [-0.3, -0.25) is 9.69 Å². The van der Waals surface area contributed by atoms with Crippen molar-refractivity contribution in [2.24, 2.45) is 0 Å². The molecule has 0 radical (unpaired) electrons. The molecule has 0 aliphatic heterocycles. The first-order valence-corrected chi connectivity index (χ1v) is 7.86. The minimum absolute atomic E-state index is 0.00142. The Morgan fingerprint density at radius 2 is 1.77 bits per heavy atom. The zero-order valence-electron chi connectivity index (χ0n) is 14.5. The van der Waals surface area contributed by atoms with Gasteiger partial charge in [-0.05, 0) is 24.6 Å². The number of methoxy groups -OCH3 is 2. The predicted octanol–water partition coefficient (Wildman–Crippen LogP) is 2.83. The molecule has 1 aromatic carbocycles. The van der Waals surface area contributed by atoms with E-state index in [4.69, 9.17) is 4.42 Å². The summed E-state index contributed by atoms with van der Waals surface area (Å²) in [7, 11) is 2.53. The molecule has 0 saturated heterocycles. The number of rotatable bonds is 7.